The molecule has 0 spiro atoms. The van der Waals surface area contributed by atoms with Gasteiger partial charge in [-0.05, 0) is 20.3 Å². The number of nitrogens with zero attached hydrogens (tertiary/aromatic N) is 3. The minimum absolute atomic E-state index is 0.0412. The minimum Gasteiger partial charge on any atom is -0.463 e. The maximum absolute atomic E-state index is 12.1. The molecule has 0 radical (unpaired) electrons. The molecule has 4 N–H and O–H groups in total. The summed E-state index contributed by atoms with van der Waals surface area (Å²) in [7, 11) is 0. The van der Waals surface area contributed by atoms with Crippen LogP contribution < -0.4 is 21.5 Å². The number of imidazole rings is 1. The lowest BCUT2D eigenvalue weighted by Gasteiger charge is -2.10. The van der Waals surface area contributed by atoms with Crippen LogP contribution in [0, 0.1) is 0 Å². The van der Waals surface area contributed by atoms with E-state index in [4.69, 9.17) is 10.5 Å². The Balaban J connectivity index is 2.20. The molecule has 0 fully saturated rings. The fourth-order valence-corrected chi connectivity index (χ4v) is 2.15. The van der Waals surface area contributed by atoms with E-state index in [1.807, 2.05) is 0 Å². The summed E-state index contributed by atoms with van der Waals surface area (Å²) in [6.45, 7) is 6.64. The van der Waals surface area contributed by atoms with Gasteiger partial charge in [0.2, 0.25) is 0 Å². The molecule has 132 valence electrons. The summed E-state index contributed by atoms with van der Waals surface area (Å²) in [5.74, 6) is 0.215. The van der Waals surface area contributed by atoms with Crippen LogP contribution in [0.2, 0.25) is 0 Å². The van der Waals surface area contributed by atoms with Gasteiger partial charge >= 0.3 is 11.7 Å². The van der Waals surface area contributed by atoms with Crippen LogP contribution in [0.3, 0.4) is 0 Å². The minimum atomic E-state index is -0.325. The number of Topliss-reactive ketones (excluding diaryl/α,β-unsaturated/α-hetero) is 1. The largest absolute Gasteiger partial charge is 0.463 e. The molecule has 24 heavy (non-hydrogen) atoms. The average Bonchev–Trinajstić information content (AvgIpc) is 2.84. The average molecular weight is 336 g/mol. The van der Waals surface area contributed by atoms with Crippen LogP contribution in [-0.4, -0.2) is 44.5 Å². The van der Waals surface area contributed by atoms with Gasteiger partial charge in [-0.1, -0.05) is 13.3 Å². The van der Waals surface area contributed by atoms with Crippen molar-refractivity contribution in [1.82, 2.24) is 24.8 Å². The smallest absolute Gasteiger partial charge is 0.327 e. The van der Waals surface area contributed by atoms with Crippen molar-refractivity contribution in [3.63, 3.8) is 0 Å². The van der Waals surface area contributed by atoms with Crippen LogP contribution in [0.1, 0.15) is 33.6 Å². The molecule has 0 unspecified atom stereocenters. The van der Waals surface area contributed by atoms with Crippen LogP contribution in [0.5, 0.6) is 6.01 Å². The van der Waals surface area contributed by atoms with Gasteiger partial charge < -0.3 is 20.8 Å². The van der Waals surface area contributed by atoms with E-state index in [1.54, 1.807) is 6.92 Å². The monoisotopic (exact) mass is 336 g/mol. The van der Waals surface area contributed by atoms with E-state index in [0.29, 0.717) is 30.9 Å². The number of nitrogen functional groups attached to an aromatic ring is 1. The Labute approximate surface area is 139 Å². The molecule has 9 nitrogen and oxygen atoms in total. The number of carbonyl (C=O) groups is 1. The molecule has 2 aromatic rings. The van der Waals surface area contributed by atoms with E-state index in [9.17, 15) is 9.59 Å². The quantitative estimate of drug-likeness (QED) is 0.567. The number of hydrogen-bond donors (Lipinski definition) is 3. The van der Waals surface area contributed by atoms with Crippen molar-refractivity contribution in [2.24, 2.45) is 0 Å². The number of fused-ring (bicyclic) bond motifs is 1. The van der Waals surface area contributed by atoms with Gasteiger partial charge in [-0.3, -0.25) is 9.36 Å². The number of rotatable bonds is 9. The first-order chi connectivity index (χ1) is 11.4. The lowest BCUT2D eigenvalue weighted by molar-refractivity contribution is -0.118. The molecule has 0 bridgehead atoms. The molecule has 9 heteroatoms. The van der Waals surface area contributed by atoms with Gasteiger partial charge in [0.05, 0.1) is 12.6 Å². The zero-order chi connectivity index (χ0) is 17.7. The second-order valence-electron chi connectivity index (χ2n) is 5.66. The molecule has 0 saturated heterocycles. The highest BCUT2D eigenvalue weighted by atomic mass is 16.5. The van der Waals surface area contributed by atoms with Crippen LogP contribution >= 0.6 is 0 Å². The number of hydrogen-bond acceptors (Lipinski definition) is 7. The Kier molecular flexibility index (Phi) is 5.91. The van der Waals surface area contributed by atoms with E-state index < -0.39 is 0 Å². The maximum Gasteiger partial charge on any atom is 0.327 e. The maximum atomic E-state index is 12.1. The van der Waals surface area contributed by atoms with Crippen molar-refractivity contribution in [1.29, 1.82) is 0 Å². The fourth-order valence-electron chi connectivity index (χ4n) is 2.15. The van der Waals surface area contributed by atoms with Gasteiger partial charge in [0.25, 0.3) is 0 Å². The Hall–Kier alpha value is -2.42. The van der Waals surface area contributed by atoms with Crippen molar-refractivity contribution in [3.05, 3.63) is 10.5 Å². The molecule has 0 aliphatic heterocycles. The van der Waals surface area contributed by atoms with Crippen LogP contribution in [0.15, 0.2) is 4.79 Å². The van der Waals surface area contributed by atoms with E-state index in [0.717, 1.165) is 12.8 Å². The lowest BCUT2D eigenvalue weighted by Crippen LogP contribution is -2.35. The number of anilines is 1. The molecule has 0 aromatic carbocycles. The summed E-state index contributed by atoms with van der Waals surface area (Å²) < 4.78 is 6.94. The van der Waals surface area contributed by atoms with Crippen molar-refractivity contribution in [3.8, 4) is 6.01 Å². The second kappa shape index (κ2) is 7.91. The molecule has 2 aromatic heterocycles. The molecule has 2 heterocycles. The predicted octanol–water partition coefficient (Wildman–Crippen LogP) is 0.448. The van der Waals surface area contributed by atoms with Crippen molar-refractivity contribution in [2.75, 3.05) is 18.9 Å². The molecule has 1 atom stereocenters. The van der Waals surface area contributed by atoms with Gasteiger partial charge in [0.15, 0.2) is 11.5 Å². The van der Waals surface area contributed by atoms with Gasteiger partial charge in [0.1, 0.15) is 11.3 Å². The molecule has 0 saturated carbocycles. The molecule has 0 aliphatic carbocycles. The summed E-state index contributed by atoms with van der Waals surface area (Å²) in [5.41, 5.74) is 6.35. The number of unbranched alkanes of at least 4 members (excludes halogenated alkanes) is 1. The highest BCUT2D eigenvalue weighted by Crippen LogP contribution is 2.17. The SMILES string of the molecule is CCCCOc1nc(N)c2[nH]c(=O)n(CCN[C@@H](C)C(C)=O)c2n1. The molecular formula is C15H24N6O3. The third-order valence-corrected chi connectivity index (χ3v) is 3.75. The summed E-state index contributed by atoms with van der Waals surface area (Å²) >= 11 is 0. The number of nitrogens with two attached hydrogens (primary N) is 1. The normalized spacial score (nSPS) is 12.5. The number of ketones is 1. The van der Waals surface area contributed by atoms with Gasteiger partial charge in [-0.2, -0.15) is 9.97 Å². The van der Waals surface area contributed by atoms with E-state index >= 15 is 0 Å². The first-order valence-corrected chi connectivity index (χ1v) is 8.06. The van der Waals surface area contributed by atoms with Gasteiger partial charge in [-0.15, -0.1) is 0 Å². The number of H-pyrrole nitrogens is 1. The topological polar surface area (TPSA) is 128 Å². The fraction of sp³-hybridized carbons (Fsp3) is 0.600. The van der Waals surface area contributed by atoms with Crippen LogP contribution in [-0.2, 0) is 11.3 Å². The van der Waals surface area contributed by atoms with Crippen LogP contribution in [0.4, 0.5) is 5.82 Å². The summed E-state index contributed by atoms with van der Waals surface area (Å²) in [6, 6.07) is -0.107. The number of nitrogens with one attached hydrogen (secondary N) is 2. The Bertz CT molecular complexity index is 766. The van der Waals surface area contributed by atoms with Crippen LogP contribution in [0.25, 0.3) is 11.2 Å². The summed E-state index contributed by atoms with van der Waals surface area (Å²) in [4.78, 5) is 34.4. The Morgan fingerprint density at radius 2 is 2.21 bits per heavy atom. The molecule has 0 aliphatic rings. The predicted molar refractivity (Wildman–Crippen MR) is 91.1 cm³/mol. The zero-order valence-corrected chi connectivity index (χ0v) is 14.3. The number of aromatic amines is 1. The summed E-state index contributed by atoms with van der Waals surface area (Å²) in [6.07, 6.45) is 1.88. The summed E-state index contributed by atoms with van der Waals surface area (Å²) in [5, 5.41) is 3.05. The van der Waals surface area contributed by atoms with E-state index in [1.165, 1.54) is 11.5 Å². The first kappa shape index (κ1) is 17.9. The molecular weight excluding hydrogens is 312 g/mol. The van der Waals surface area contributed by atoms with Gasteiger partial charge in [0, 0.05) is 13.1 Å². The van der Waals surface area contributed by atoms with Crippen molar-refractivity contribution >= 4 is 22.8 Å². The first-order valence-electron chi connectivity index (χ1n) is 8.06. The highest BCUT2D eigenvalue weighted by Gasteiger charge is 2.15. The highest BCUT2D eigenvalue weighted by molar-refractivity contribution is 5.82. The molecule has 0 amide bonds. The van der Waals surface area contributed by atoms with E-state index in [2.05, 4.69) is 27.2 Å². The Morgan fingerprint density at radius 1 is 1.46 bits per heavy atom. The van der Waals surface area contributed by atoms with Crippen molar-refractivity contribution < 1.29 is 9.53 Å². The lowest BCUT2D eigenvalue weighted by atomic mass is 10.2. The zero-order valence-electron chi connectivity index (χ0n) is 14.3. The standard InChI is InChI=1S/C15H24N6O3/c1-4-5-8-24-14-19-12(16)11-13(20-14)21(15(23)18-11)7-6-17-9(2)10(3)22/h9,17H,4-8H2,1-3H3,(H,18,23)(H2,16,19,20)/t9-/m0/s1. The van der Waals surface area contributed by atoms with Crippen molar-refractivity contribution in [2.45, 2.75) is 46.2 Å². The third-order valence-electron chi connectivity index (χ3n) is 3.75. The number of ether oxygens (including phenoxy) is 1. The number of carbonyl (C=O) groups excluding carboxylic acids is 1. The van der Waals surface area contributed by atoms with E-state index in [-0.39, 0.29) is 29.3 Å². The Morgan fingerprint density at radius 3 is 2.88 bits per heavy atom. The second-order valence-corrected chi connectivity index (χ2v) is 5.66. The van der Waals surface area contributed by atoms with Gasteiger partial charge in [-0.25, -0.2) is 4.79 Å². The number of aromatic nitrogens is 4. The molecule has 2 rings (SSSR count). The third kappa shape index (κ3) is 4.10.